The monoisotopic (exact) mass is 832 g/mol. The number of rotatable bonds is 5. The molecule has 1 N–H and O–H groups in total. The number of aryl methyl sites for hydroxylation is 2. The van der Waals surface area contributed by atoms with E-state index in [0.29, 0.717) is 21.1 Å². The Balaban J connectivity index is 0. The van der Waals surface area contributed by atoms with Crippen LogP contribution in [0.3, 0.4) is 0 Å². The van der Waals surface area contributed by atoms with E-state index in [0.717, 1.165) is 59.0 Å². The van der Waals surface area contributed by atoms with Gasteiger partial charge in [-0.3, -0.25) is 33.8 Å². The molecule has 228 valence electrons. The topological polar surface area (TPSA) is 154 Å². The fourth-order valence-electron chi connectivity index (χ4n) is 3.22. The van der Waals surface area contributed by atoms with Crippen LogP contribution in [0.15, 0.2) is 43.0 Å². The molecule has 0 spiro atoms. The number of amides is 4. The van der Waals surface area contributed by atoms with Crippen molar-refractivity contribution in [1.82, 2.24) is 9.80 Å². The van der Waals surface area contributed by atoms with Crippen LogP contribution in [0.1, 0.15) is 23.7 Å². The van der Waals surface area contributed by atoms with Gasteiger partial charge >= 0.3 is 103 Å². The number of likely N-dealkylation sites (N-methyl/N-ethyl adjacent to an activating group) is 2. The minimum atomic E-state index is -0.322. The van der Waals surface area contributed by atoms with Crippen molar-refractivity contribution in [3.05, 3.63) is 65.3 Å². The first-order valence-electron chi connectivity index (χ1n) is 11.8. The molecule has 17 heteroatoms. The molecule has 2 aromatic carbocycles. The molecule has 4 amide bonds. The quantitative estimate of drug-likeness (QED) is 0.0999. The molecule has 2 aliphatic heterocycles. The summed E-state index contributed by atoms with van der Waals surface area (Å²) in [6.45, 7) is 3.68. The standard InChI is InChI=1S/C15H12BrNO3S.C12H10BrNO3S.CH2O3.2K.H/c1-4-5-20-12-7-10(11(16)6-9(12)2)8-13-14(18)17(3)15(19)21-13;1-6-3-8(13)7(4-9(6)15)5-10-11(16)14(2)12(17)18-10;2-1-4-3;;;/h1,6-8H,5H2,2-3H3;3-5,15H,1-2H3;1,3H;;;/q;;;2*+1;-1/p-1/b13-8-;10-5-;;;;. The third-order valence-electron chi connectivity index (χ3n) is 5.51. The number of benzene rings is 2. The van der Waals surface area contributed by atoms with E-state index in [1.165, 1.54) is 14.1 Å². The number of terminal acetylenes is 1. The zero-order chi connectivity index (χ0) is 32.4. The Morgan fingerprint density at radius 3 is 1.71 bits per heavy atom. The van der Waals surface area contributed by atoms with Crippen molar-refractivity contribution in [3.8, 4) is 23.8 Å². The third-order valence-corrected chi connectivity index (χ3v) is 8.80. The average Bonchev–Trinajstić information content (AvgIpc) is 3.35. The van der Waals surface area contributed by atoms with Crippen molar-refractivity contribution in [1.29, 1.82) is 0 Å². The van der Waals surface area contributed by atoms with Crippen LogP contribution in [-0.2, 0) is 19.3 Å². The largest absolute Gasteiger partial charge is 1.00 e. The number of nitrogens with zero attached hydrogens (tertiary/aromatic N) is 2. The molecule has 0 aliphatic carbocycles. The molecule has 2 heterocycles. The normalized spacial score (nSPS) is 15.3. The van der Waals surface area contributed by atoms with Gasteiger partial charge < -0.3 is 21.4 Å². The Kier molecular flexibility index (Phi) is 21.5. The predicted octanol–water partition coefficient (Wildman–Crippen LogP) is -0.880. The molecule has 0 atom stereocenters. The van der Waals surface area contributed by atoms with E-state index in [1.807, 2.05) is 13.0 Å². The van der Waals surface area contributed by atoms with Crippen LogP contribution in [0, 0.1) is 26.2 Å². The van der Waals surface area contributed by atoms with Crippen LogP contribution in [0.2, 0.25) is 0 Å². The molecule has 2 saturated heterocycles. The Hall–Kier alpha value is -0.277. The molecule has 2 fully saturated rings. The summed E-state index contributed by atoms with van der Waals surface area (Å²) in [4.78, 5) is 60.6. The van der Waals surface area contributed by atoms with Crippen molar-refractivity contribution in [2.24, 2.45) is 0 Å². The van der Waals surface area contributed by atoms with E-state index >= 15 is 0 Å². The Labute approximate surface area is 371 Å². The van der Waals surface area contributed by atoms with Gasteiger partial charge in [0.15, 0.2) is 0 Å². The number of carbonyl (C=O) groups excluding carboxylic acids is 5. The van der Waals surface area contributed by atoms with Crippen molar-refractivity contribution in [2.45, 2.75) is 13.8 Å². The van der Waals surface area contributed by atoms with Crippen LogP contribution >= 0.6 is 55.4 Å². The first-order valence-corrected chi connectivity index (χ1v) is 15.0. The van der Waals surface area contributed by atoms with Gasteiger partial charge in [0.1, 0.15) is 18.1 Å². The zero-order valence-electron chi connectivity index (χ0n) is 26.0. The molecular formula is C28H24Br2K2N2O9S2. The summed E-state index contributed by atoms with van der Waals surface area (Å²) in [7, 11) is 2.91. The second kappa shape index (κ2) is 21.6. The number of ether oxygens (including phenoxy) is 1. The summed E-state index contributed by atoms with van der Waals surface area (Å²) >= 11 is 8.62. The van der Waals surface area contributed by atoms with Crippen LogP contribution in [-0.4, -0.2) is 64.4 Å². The number of thioether (sulfide) groups is 2. The maximum absolute atomic E-state index is 11.9. The van der Waals surface area contributed by atoms with Crippen LogP contribution in [0.5, 0.6) is 11.5 Å². The Bertz CT molecular complexity index is 1590. The number of hydrogen-bond acceptors (Lipinski definition) is 11. The van der Waals surface area contributed by atoms with E-state index in [2.05, 4.69) is 42.7 Å². The van der Waals surface area contributed by atoms with E-state index in [9.17, 15) is 24.3 Å². The van der Waals surface area contributed by atoms with Crippen LogP contribution in [0.4, 0.5) is 9.59 Å². The molecule has 4 rings (SSSR count). The van der Waals surface area contributed by atoms with Crippen LogP contribution in [0.25, 0.3) is 12.2 Å². The molecule has 0 saturated carbocycles. The van der Waals surface area contributed by atoms with Gasteiger partial charge in [-0.15, -0.1) is 6.42 Å². The maximum Gasteiger partial charge on any atom is 1.00 e. The fourth-order valence-corrected chi connectivity index (χ4v) is 6.00. The van der Waals surface area contributed by atoms with E-state index in [-0.39, 0.29) is 145 Å². The number of carbonyl (C=O) groups is 5. The molecule has 0 radical (unpaired) electrons. The molecule has 45 heavy (non-hydrogen) atoms. The number of halogens is 2. The number of aromatic hydroxyl groups is 1. The Morgan fingerprint density at radius 1 is 0.911 bits per heavy atom. The van der Waals surface area contributed by atoms with E-state index < -0.39 is 0 Å². The van der Waals surface area contributed by atoms with Crippen molar-refractivity contribution >= 4 is 96.3 Å². The SMILES string of the molecule is C#CCOc1cc(/C=C2\SC(=O)N(C)C2=O)c(Br)cc1C.Cc1cc(Br)c(/C=C2\SC(=O)N(C)C2=O)cc1O.O=CO[O-].[H-].[K+].[K+]. The summed E-state index contributed by atoms with van der Waals surface area (Å²) in [5, 5.41) is 17.5. The predicted molar refractivity (Wildman–Crippen MR) is 169 cm³/mol. The van der Waals surface area contributed by atoms with Gasteiger partial charge in [0.05, 0.1) is 9.81 Å². The first-order chi connectivity index (χ1) is 20.2. The third kappa shape index (κ3) is 12.9. The smallest absolute Gasteiger partial charge is 1.00 e. The van der Waals surface area contributed by atoms with Crippen molar-refractivity contribution < 1.29 is 148 Å². The molecule has 2 aromatic rings. The minimum Gasteiger partial charge on any atom is -1.00 e. The number of imide groups is 2. The number of phenolic OH excluding ortho intramolecular Hbond substituents is 1. The van der Waals surface area contributed by atoms with E-state index in [4.69, 9.17) is 21.2 Å². The summed E-state index contributed by atoms with van der Waals surface area (Å²) in [6, 6.07) is 6.99. The maximum atomic E-state index is 11.9. The molecular weight excluding hydrogens is 810 g/mol. The second-order valence-electron chi connectivity index (χ2n) is 8.47. The summed E-state index contributed by atoms with van der Waals surface area (Å²) in [6.07, 6.45) is 8.45. The van der Waals surface area contributed by atoms with Gasteiger partial charge in [-0.25, -0.2) is 0 Å². The average molecular weight is 835 g/mol. The molecule has 0 bridgehead atoms. The van der Waals surface area contributed by atoms with Gasteiger partial charge in [0.25, 0.3) is 28.8 Å². The van der Waals surface area contributed by atoms with Crippen molar-refractivity contribution in [3.63, 3.8) is 0 Å². The number of hydrogen-bond donors (Lipinski definition) is 1. The molecule has 0 unspecified atom stereocenters. The molecule has 2 aliphatic rings. The Morgan fingerprint density at radius 2 is 1.33 bits per heavy atom. The molecule has 11 nitrogen and oxygen atoms in total. The summed E-state index contributed by atoms with van der Waals surface area (Å²) < 4.78 is 7.04. The van der Waals surface area contributed by atoms with Gasteiger partial charge in [-0.2, -0.15) is 0 Å². The first kappa shape index (κ1) is 44.7. The summed E-state index contributed by atoms with van der Waals surface area (Å²) in [5.74, 6) is 2.59. The van der Waals surface area contributed by atoms with Gasteiger partial charge in [-0.1, -0.05) is 37.8 Å². The fraction of sp³-hybridized carbons (Fsp3) is 0.179. The van der Waals surface area contributed by atoms with Gasteiger partial charge in [0.2, 0.25) is 0 Å². The minimum absolute atomic E-state index is 0. The number of phenols is 1. The molecule has 0 aromatic heterocycles. The van der Waals surface area contributed by atoms with Crippen LogP contribution < -0.4 is 113 Å². The van der Waals surface area contributed by atoms with Gasteiger partial charge in [0, 0.05) is 23.0 Å². The van der Waals surface area contributed by atoms with E-state index in [1.54, 1.807) is 37.3 Å². The van der Waals surface area contributed by atoms with Crippen molar-refractivity contribution in [2.75, 3.05) is 20.7 Å². The zero-order valence-corrected chi connectivity index (χ0v) is 36.1. The second-order valence-corrected chi connectivity index (χ2v) is 12.2. The summed E-state index contributed by atoms with van der Waals surface area (Å²) in [5.41, 5.74) is 3.09. The van der Waals surface area contributed by atoms with Gasteiger partial charge in [-0.05, 0) is 96.0 Å².